The summed E-state index contributed by atoms with van der Waals surface area (Å²) in [7, 11) is 0. The minimum absolute atomic E-state index is 0.0868. The fourth-order valence-electron chi connectivity index (χ4n) is 1.90. The molecule has 0 saturated carbocycles. The van der Waals surface area contributed by atoms with E-state index in [9.17, 15) is 4.79 Å². The lowest BCUT2D eigenvalue weighted by molar-refractivity contribution is -0.120. The minimum atomic E-state index is -0.364. The molecule has 1 atom stereocenters. The van der Waals surface area contributed by atoms with Gasteiger partial charge < -0.3 is 4.52 Å². The van der Waals surface area contributed by atoms with Gasteiger partial charge in [-0.05, 0) is 31.9 Å². The van der Waals surface area contributed by atoms with Crippen molar-refractivity contribution in [3.05, 3.63) is 29.3 Å². The van der Waals surface area contributed by atoms with Crippen molar-refractivity contribution in [3.63, 3.8) is 0 Å². The second kappa shape index (κ2) is 5.30. The zero-order chi connectivity index (χ0) is 14.0. The van der Waals surface area contributed by atoms with Gasteiger partial charge in [-0.1, -0.05) is 18.1 Å². The predicted molar refractivity (Wildman–Crippen MR) is 70.7 cm³/mol. The number of nitrogens with zero attached hydrogens (tertiary/aromatic N) is 3. The van der Waals surface area contributed by atoms with E-state index in [2.05, 4.69) is 15.1 Å². The third kappa shape index (κ3) is 2.70. The summed E-state index contributed by atoms with van der Waals surface area (Å²) < 4.78 is 5.17. The number of aryl methyl sites for hydroxylation is 2. The van der Waals surface area contributed by atoms with Gasteiger partial charge in [-0.3, -0.25) is 9.78 Å². The van der Waals surface area contributed by atoms with E-state index in [0.717, 1.165) is 11.1 Å². The summed E-state index contributed by atoms with van der Waals surface area (Å²) >= 11 is 0. The maximum absolute atomic E-state index is 11.6. The molecule has 1 unspecified atom stereocenters. The standard InChI is InChI=1S/C14H17N3O2/c1-5-11(18)10(4)14-16-13(17-19-14)12-9(3)6-8(2)7-15-12/h6-7,10H,5H2,1-4H3. The molecule has 0 aromatic carbocycles. The highest BCUT2D eigenvalue weighted by Crippen LogP contribution is 2.22. The maximum Gasteiger partial charge on any atom is 0.237 e. The van der Waals surface area contributed by atoms with Crippen molar-refractivity contribution in [2.75, 3.05) is 0 Å². The lowest BCUT2D eigenvalue weighted by atomic mass is 10.1. The molecule has 0 saturated heterocycles. The number of hydrogen-bond donors (Lipinski definition) is 0. The minimum Gasteiger partial charge on any atom is -0.338 e. The monoisotopic (exact) mass is 259 g/mol. The Morgan fingerprint density at radius 3 is 2.79 bits per heavy atom. The van der Waals surface area contributed by atoms with Crippen molar-refractivity contribution < 1.29 is 9.32 Å². The van der Waals surface area contributed by atoms with Gasteiger partial charge in [0, 0.05) is 12.6 Å². The first-order chi connectivity index (χ1) is 9.02. The Bertz CT molecular complexity index is 604. The Labute approximate surface area is 112 Å². The molecule has 5 heteroatoms. The molecule has 2 rings (SSSR count). The van der Waals surface area contributed by atoms with Gasteiger partial charge in [0.15, 0.2) is 0 Å². The van der Waals surface area contributed by atoms with E-state index in [4.69, 9.17) is 4.52 Å². The molecule has 2 aromatic heterocycles. The highest BCUT2D eigenvalue weighted by molar-refractivity contribution is 5.84. The third-order valence-corrected chi connectivity index (χ3v) is 3.07. The van der Waals surface area contributed by atoms with Gasteiger partial charge in [-0.25, -0.2) is 0 Å². The fourth-order valence-corrected chi connectivity index (χ4v) is 1.90. The molecule has 2 heterocycles. The molecule has 0 aliphatic heterocycles. The van der Waals surface area contributed by atoms with Gasteiger partial charge in [0.05, 0.1) is 5.92 Å². The van der Waals surface area contributed by atoms with Crippen molar-refractivity contribution in [3.8, 4) is 11.5 Å². The first kappa shape index (κ1) is 13.4. The van der Waals surface area contributed by atoms with Gasteiger partial charge in [-0.2, -0.15) is 4.98 Å². The second-order valence-electron chi connectivity index (χ2n) is 4.68. The topological polar surface area (TPSA) is 68.9 Å². The summed E-state index contributed by atoms with van der Waals surface area (Å²) in [4.78, 5) is 20.2. The van der Waals surface area contributed by atoms with Crippen LogP contribution in [0.15, 0.2) is 16.8 Å². The van der Waals surface area contributed by atoms with E-state index in [1.807, 2.05) is 26.8 Å². The number of pyridine rings is 1. The van der Waals surface area contributed by atoms with Crippen LogP contribution in [0.5, 0.6) is 0 Å². The van der Waals surface area contributed by atoms with Crippen LogP contribution in [0.3, 0.4) is 0 Å². The first-order valence-electron chi connectivity index (χ1n) is 6.32. The smallest absolute Gasteiger partial charge is 0.237 e. The van der Waals surface area contributed by atoms with Gasteiger partial charge in [0.2, 0.25) is 11.7 Å². The second-order valence-corrected chi connectivity index (χ2v) is 4.68. The van der Waals surface area contributed by atoms with Crippen LogP contribution < -0.4 is 0 Å². The Kier molecular flexibility index (Phi) is 3.74. The highest BCUT2D eigenvalue weighted by Gasteiger charge is 2.21. The summed E-state index contributed by atoms with van der Waals surface area (Å²) in [6.07, 6.45) is 2.22. The molecule has 0 aliphatic rings. The van der Waals surface area contributed by atoms with E-state index in [1.54, 1.807) is 13.1 Å². The number of aromatic nitrogens is 3. The van der Waals surface area contributed by atoms with Crippen LogP contribution in [0.25, 0.3) is 11.5 Å². The number of ketones is 1. The highest BCUT2D eigenvalue weighted by atomic mass is 16.5. The van der Waals surface area contributed by atoms with Crippen molar-refractivity contribution in [2.45, 2.75) is 40.0 Å². The van der Waals surface area contributed by atoms with Crippen LogP contribution >= 0.6 is 0 Å². The molecule has 0 radical (unpaired) electrons. The summed E-state index contributed by atoms with van der Waals surface area (Å²) in [5, 5.41) is 3.91. The first-order valence-corrected chi connectivity index (χ1v) is 6.32. The molecular weight excluding hydrogens is 242 g/mol. The number of Topliss-reactive ketones (excluding diaryl/α,β-unsaturated/α-hetero) is 1. The molecule has 19 heavy (non-hydrogen) atoms. The summed E-state index contributed by atoms with van der Waals surface area (Å²) in [5.41, 5.74) is 2.76. The average Bonchev–Trinajstić information content (AvgIpc) is 2.86. The largest absolute Gasteiger partial charge is 0.338 e. The van der Waals surface area contributed by atoms with Crippen LogP contribution in [0, 0.1) is 13.8 Å². The van der Waals surface area contributed by atoms with Crippen LogP contribution in [0.1, 0.15) is 43.2 Å². The van der Waals surface area contributed by atoms with E-state index in [0.29, 0.717) is 23.8 Å². The van der Waals surface area contributed by atoms with Crippen molar-refractivity contribution in [2.24, 2.45) is 0 Å². The average molecular weight is 259 g/mol. The molecule has 100 valence electrons. The zero-order valence-corrected chi connectivity index (χ0v) is 11.6. The van der Waals surface area contributed by atoms with Crippen molar-refractivity contribution >= 4 is 5.78 Å². The quantitative estimate of drug-likeness (QED) is 0.844. The molecular formula is C14H17N3O2. The van der Waals surface area contributed by atoms with E-state index < -0.39 is 0 Å². The SMILES string of the molecule is CCC(=O)C(C)c1nc(-c2ncc(C)cc2C)no1. The maximum atomic E-state index is 11.6. The molecule has 5 nitrogen and oxygen atoms in total. The number of hydrogen-bond acceptors (Lipinski definition) is 5. The predicted octanol–water partition coefficient (Wildman–Crippen LogP) is 2.83. The van der Waals surface area contributed by atoms with Gasteiger partial charge in [0.25, 0.3) is 0 Å². The molecule has 2 aromatic rings. The van der Waals surface area contributed by atoms with Crippen LogP contribution in [0.4, 0.5) is 0 Å². The Hall–Kier alpha value is -2.04. The van der Waals surface area contributed by atoms with E-state index in [-0.39, 0.29) is 11.7 Å². The van der Waals surface area contributed by atoms with E-state index in [1.165, 1.54) is 0 Å². The molecule has 0 N–H and O–H groups in total. The van der Waals surface area contributed by atoms with Crippen LogP contribution in [-0.2, 0) is 4.79 Å². The molecule has 0 bridgehead atoms. The normalized spacial score (nSPS) is 12.4. The summed E-state index contributed by atoms with van der Waals surface area (Å²) in [6.45, 7) is 7.53. The van der Waals surface area contributed by atoms with Gasteiger partial charge >= 0.3 is 0 Å². The lowest BCUT2D eigenvalue weighted by Gasteiger charge is -2.02. The third-order valence-electron chi connectivity index (χ3n) is 3.07. The van der Waals surface area contributed by atoms with Crippen LogP contribution in [-0.4, -0.2) is 20.9 Å². The number of carbonyl (C=O) groups is 1. The van der Waals surface area contributed by atoms with E-state index >= 15 is 0 Å². The lowest BCUT2D eigenvalue weighted by Crippen LogP contribution is -2.07. The van der Waals surface area contributed by atoms with Crippen molar-refractivity contribution in [1.29, 1.82) is 0 Å². The number of rotatable bonds is 4. The number of carbonyl (C=O) groups excluding carboxylic acids is 1. The molecule has 0 spiro atoms. The van der Waals surface area contributed by atoms with Gasteiger partial charge in [0.1, 0.15) is 11.5 Å². The Morgan fingerprint density at radius 1 is 1.42 bits per heavy atom. The van der Waals surface area contributed by atoms with Crippen molar-refractivity contribution in [1.82, 2.24) is 15.1 Å². The van der Waals surface area contributed by atoms with Crippen LogP contribution in [0.2, 0.25) is 0 Å². The summed E-state index contributed by atoms with van der Waals surface area (Å²) in [5.74, 6) is 0.507. The fraction of sp³-hybridized carbons (Fsp3) is 0.429. The molecule has 0 amide bonds. The Morgan fingerprint density at radius 2 is 2.16 bits per heavy atom. The molecule has 0 fully saturated rings. The van der Waals surface area contributed by atoms with Gasteiger partial charge in [-0.15, -0.1) is 0 Å². The Balaban J connectivity index is 2.33. The zero-order valence-electron chi connectivity index (χ0n) is 11.6. The summed E-state index contributed by atoms with van der Waals surface area (Å²) in [6, 6.07) is 2.01. The molecule has 0 aliphatic carbocycles.